The Morgan fingerprint density at radius 2 is 1.61 bits per heavy atom. The van der Waals surface area contributed by atoms with Gasteiger partial charge in [-0.3, -0.25) is 19.8 Å². The van der Waals surface area contributed by atoms with Crippen LogP contribution < -0.4 is 10.6 Å². The van der Waals surface area contributed by atoms with Gasteiger partial charge in [0.2, 0.25) is 11.8 Å². The fraction of sp³-hybridized carbons (Fsp3) is 0.333. The van der Waals surface area contributed by atoms with E-state index in [4.69, 9.17) is 0 Å². The summed E-state index contributed by atoms with van der Waals surface area (Å²) >= 11 is 0. The predicted octanol–water partition coefficient (Wildman–Crippen LogP) is 2.97. The number of amides is 4. The van der Waals surface area contributed by atoms with Crippen LogP contribution in [0, 0.1) is 23.7 Å². The van der Waals surface area contributed by atoms with Crippen molar-refractivity contribution in [1.82, 2.24) is 15.2 Å². The number of allylic oxidation sites excluding steroid dienone is 2. The van der Waals surface area contributed by atoms with E-state index in [2.05, 4.69) is 27.8 Å². The normalized spacial score (nSPS) is 27.2. The van der Waals surface area contributed by atoms with E-state index in [9.17, 15) is 14.4 Å². The Morgan fingerprint density at radius 1 is 0.968 bits per heavy atom. The van der Waals surface area contributed by atoms with Gasteiger partial charge in [-0.15, -0.1) is 0 Å². The smallest absolute Gasteiger partial charge is 0.317 e. The first-order chi connectivity index (χ1) is 15.1. The Kier molecular flexibility index (Phi) is 5.02. The van der Waals surface area contributed by atoms with Crippen molar-refractivity contribution in [3.05, 3.63) is 72.4 Å². The standard InChI is InChI=1S/C24H24N4O3/c29-22-20-16-9-10-17(12-11-16)21(20)23(30)28(22)19(14-15-6-2-1-3-7-15)27-24(31)26-18-8-4-5-13-25-18/h1-10,13,16-17,19-21H,11-12,14H2,(H2,25,26,27,31). The Morgan fingerprint density at radius 3 is 2.19 bits per heavy atom. The number of anilines is 1. The molecular formula is C24H24N4O3. The Labute approximate surface area is 180 Å². The molecule has 1 aromatic heterocycles. The van der Waals surface area contributed by atoms with Gasteiger partial charge in [0.05, 0.1) is 11.8 Å². The SMILES string of the molecule is O=C(Nc1ccccn1)NC(Cc1ccccc1)N1C(=O)C2C3C=CC(CC3)C2C1=O. The van der Waals surface area contributed by atoms with E-state index in [0.29, 0.717) is 12.2 Å². The number of carbonyl (C=O) groups excluding carboxylic acids is 3. The summed E-state index contributed by atoms with van der Waals surface area (Å²) in [5.74, 6) is -0.354. The summed E-state index contributed by atoms with van der Waals surface area (Å²) in [6.07, 6.45) is 7.22. The number of benzene rings is 1. The third kappa shape index (κ3) is 3.60. The lowest BCUT2D eigenvalue weighted by Gasteiger charge is -2.38. The van der Waals surface area contributed by atoms with Crippen LogP contribution in [0.4, 0.5) is 10.6 Å². The quantitative estimate of drug-likeness (QED) is 0.579. The van der Waals surface area contributed by atoms with Crippen LogP contribution in [0.15, 0.2) is 66.9 Å². The lowest BCUT2D eigenvalue weighted by Crippen LogP contribution is -2.53. The molecule has 1 saturated heterocycles. The molecule has 2 N–H and O–H groups in total. The summed E-state index contributed by atoms with van der Waals surface area (Å²) < 4.78 is 0. The summed E-state index contributed by atoms with van der Waals surface area (Å²) in [6.45, 7) is 0. The molecule has 31 heavy (non-hydrogen) atoms. The largest absolute Gasteiger partial charge is 0.322 e. The van der Waals surface area contributed by atoms with Crippen molar-refractivity contribution in [1.29, 1.82) is 0 Å². The maximum atomic E-state index is 13.4. The molecule has 4 amide bonds. The molecule has 7 heteroatoms. The number of urea groups is 1. The third-order valence-corrected chi connectivity index (χ3v) is 6.58. The lowest BCUT2D eigenvalue weighted by molar-refractivity contribution is -0.143. The van der Waals surface area contributed by atoms with Crippen LogP contribution >= 0.6 is 0 Å². The first-order valence-corrected chi connectivity index (χ1v) is 10.7. The van der Waals surface area contributed by atoms with Crippen LogP contribution in [0.25, 0.3) is 0 Å². The van der Waals surface area contributed by atoms with Crippen LogP contribution in [0.5, 0.6) is 0 Å². The highest BCUT2D eigenvalue weighted by Gasteiger charge is 2.58. The Hall–Kier alpha value is -3.48. The molecule has 1 aromatic carbocycles. The zero-order valence-electron chi connectivity index (χ0n) is 17.0. The highest BCUT2D eigenvalue weighted by molar-refractivity contribution is 6.06. The number of pyridine rings is 1. The van der Waals surface area contributed by atoms with Crippen LogP contribution in [0.2, 0.25) is 0 Å². The van der Waals surface area contributed by atoms with Gasteiger partial charge < -0.3 is 5.32 Å². The zero-order valence-corrected chi connectivity index (χ0v) is 17.0. The highest BCUT2D eigenvalue weighted by Crippen LogP contribution is 2.49. The predicted molar refractivity (Wildman–Crippen MR) is 115 cm³/mol. The van der Waals surface area contributed by atoms with Crippen molar-refractivity contribution >= 4 is 23.7 Å². The Balaban J connectivity index is 1.41. The molecule has 0 radical (unpaired) electrons. The van der Waals surface area contributed by atoms with Gasteiger partial charge in [0.15, 0.2) is 0 Å². The summed E-state index contributed by atoms with van der Waals surface area (Å²) in [6, 6.07) is 14.3. The first-order valence-electron chi connectivity index (χ1n) is 10.7. The van der Waals surface area contributed by atoms with E-state index in [1.807, 2.05) is 30.3 Å². The average Bonchev–Trinajstić information content (AvgIpc) is 3.08. The number of likely N-dealkylation sites (tertiary alicyclic amines) is 1. The summed E-state index contributed by atoms with van der Waals surface area (Å²) in [5.41, 5.74) is 0.933. The molecule has 158 valence electrons. The minimum Gasteiger partial charge on any atom is -0.317 e. The minimum atomic E-state index is -0.767. The molecule has 2 bridgehead atoms. The molecule has 3 aliphatic carbocycles. The molecule has 7 nitrogen and oxygen atoms in total. The molecule has 6 rings (SSSR count). The maximum Gasteiger partial charge on any atom is 0.322 e. The number of nitrogens with one attached hydrogen (secondary N) is 2. The van der Waals surface area contributed by atoms with E-state index in [1.54, 1.807) is 24.4 Å². The van der Waals surface area contributed by atoms with Crippen LogP contribution in [-0.2, 0) is 16.0 Å². The maximum absolute atomic E-state index is 13.4. The monoisotopic (exact) mass is 416 g/mol. The van der Waals surface area contributed by atoms with E-state index >= 15 is 0 Å². The van der Waals surface area contributed by atoms with Crippen LogP contribution in [-0.4, -0.2) is 33.9 Å². The second kappa shape index (κ2) is 7.98. The number of hydrogen-bond donors (Lipinski definition) is 2. The van der Waals surface area contributed by atoms with E-state index in [1.165, 1.54) is 4.90 Å². The number of imide groups is 1. The van der Waals surface area contributed by atoms with Crippen LogP contribution in [0.1, 0.15) is 18.4 Å². The van der Waals surface area contributed by atoms with E-state index < -0.39 is 12.2 Å². The molecule has 5 unspecified atom stereocenters. The molecule has 1 saturated carbocycles. The molecule has 2 aromatic rings. The summed E-state index contributed by atoms with van der Waals surface area (Å²) in [5, 5.41) is 5.53. The molecule has 2 heterocycles. The van der Waals surface area contributed by atoms with Gasteiger partial charge in [0, 0.05) is 12.6 Å². The number of fused-ring (bicyclic) bond motifs is 1. The molecule has 4 aliphatic rings. The fourth-order valence-corrected chi connectivity index (χ4v) is 5.19. The van der Waals surface area contributed by atoms with Gasteiger partial charge in [0.1, 0.15) is 12.0 Å². The number of hydrogen-bond acceptors (Lipinski definition) is 4. The topological polar surface area (TPSA) is 91.4 Å². The van der Waals surface area contributed by atoms with Gasteiger partial charge in [-0.2, -0.15) is 0 Å². The van der Waals surface area contributed by atoms with Crippen molar-refractivity contribution in [3.63, 3.8) is 0 Å². The molecule has 0 spiro atoms. The average molecular weight is 416 g/mol. The molecule has 5 atom stereocenters. The van der Waals surface area contributed by atoms with Gasteiger partial charge in [-0.05, 0) is 42.4 Å². The minimum absolute atomic E-state index is 0.108. The number of nitrogens with zero attached hydrogens (tertiary/aromatic N) is 2. The van der Waals surface area contributed by atoms with Crippen molar-refractivity contribution in [2.75, 3.05) is 5.32 Å². The Bertz CT molecular complexity index is 992. The molecule has 2 fully saturated rings. The zero-order chi connectivity index (χ0) is 21.4. The number of rotatable bonds is 5. The number of carbonyl (C=O) groups is 3. The highest BCUT2D eigenvalue weighted by atomic mass is 16.2. The van der Waals surface area contributed by atoms with Crippen molar-refractivity contribution in [2.45, 2.75) is 25.4 Å². The third-order valence-electron chi connectivity index (χ3n) is 6.58. The van der Waals surface area contributed by atoms with Crippen molar-refractivity contribution in [3.8, 4) is 0 Å². The van der Waals surface area contributed by atoms with Crippen LogP contribution in [0.3, 0.4) is 0 Å². The van der Waals surface area contributed by atoms with E-state index in [-0.39, 0.29) is 35.5 Å². The first kappa shape index (κ1) is 19.5. The van der Waals surface area contributed by atoms with Gasteiger partial charge in [-0.25, -0.2) is 9.78 Å². The van der Waals surface area contributed by atoms with Crippen molar-refractivity contribution in [2.24, 2.45) is 23.7 Å². The van der Waals surface area contributed by atoms with Gasteiger partial charge >= 0.3 is 6.03 Å². The molecule has 1 aliphatic heterocycles. The van der Waals surface area contributed by atoms with Gasteiger partial charge in [0.25, 0.3) is 0 Å². The lowest BCUT2D eigenvalue weighted by atomic mass is 9.63. The second-order valence-electron chi connectivity index (χ2n) is 8.41. The molecular weight excluding hydrogens is 392 g/mol. The summed E-state index contributed by atoms with van der Waals surface area (Å²) in [4.78, 5) is 44.9. The summed E-state index contributed by atoms with van der Waals surface area (Å²) in [7, 11) is 0. The van der Waals surface area contributed by atoms with Gasteiger partial charge in [-0.1, -0.05) is 48.6 Å². The van der Waals surface area contributed by atoms with Crippen molar-refractivity contribution < 1.29 is 14.4 Å². The fourth-order valence-electron chi connectivity index (χ4n) is 5.19. The van der Waals surface area contributed by atoms with E-state index in [0.717, 1.165) is 18.4 Å². The second-order valence-corrected chi connectivity index (χ2v) is 8.41. The number of aromatic nitrogens is 1.